The van der Waals surface area contributed by atoms with Crippen LogP contribution in [0, 0.1) is 0 Å². The molecule has 0 N–H and O–H groups in total. The van der Waals surface area contributed by atoms with E-state index in [2.05, 4.69) is 13.2 Å². The van der Waals surface area contributed by atoms with E-state index in [0.717, 1.165) is 0 Å². The van der Waals surface area contributed by atoms with Crippen LogP contribution in [0.5, 0.6) is 0 Å². The Hall–Kier alpha value is -1.91. The average Bonchev–Trinajstić information content (AvgIpc) is 2.28. The molecular weight excluding hydrogens is 234 g/mol. The Labute approximate surface area is 107 Å². The minimum atomic E-state index is -0.995. The van der Waals surface area contributed by atoms with Crippen molar-refractivity contribution in [1.29, 1.82) is 0 Å². The molecule has 0 aliphatic rings. The molecule has 0 aromatic rings. The van der Waals surface area contributed by atoms with Gasteiger partial charge in [-0.3, -0.25) is 9.59 Å². The lowest BCUT2D eigenvalue weighted by Crippen LogP contribution is -2.43. The molecule has 0 fully saturated rings. The molecule has 0 radical (unpaired) electrons. The zero-order valence-electron chi connectivity index (χ0n) is 11.3. The van der Waals surface area contributed by atoms with Crippen LogP contribution in [-0.2, 0) is 14.3 Å². The molecule has 1 unspecified atom stereocenters. The maximum atomic E-state index is 11.8. The average molecular weight is 253 g/mol. The van der Waals surface area contributed by atoms with Crippen LogP contribution in [0.2, 0.25) is 0 Å². The van der Waals surface area contributed by atoms with Gasteiger partial charge >= 0.3 is 6.09 Å². The molecule has 0 spiro atoms. The summed E-state index contributed by atoms with van der Waals surface area (Å²) in [5.41, 5.74) is 0.149. The first-order valence-electron chi connectivity index (χ1n) is 5.62. The topological polar surface area (TPSA) is 63.7 Å². The molecule has 0 aromatic heterocycles. The molecule has 5 nitrogen and oxygen atoms in total. The number of amides is 3. The number of carbonyl (C=O) groups excluding carboxylic acids is 3. The quantitative estimate of drug-likeness (QED) is 0.722. The first kappa shape index (κ1) is 16.1. The second-order valence-corrected chi connectivity index (χ2v) is 4.11. The van der Waals surface area contributed by atoms with Gasteiger partial charge in [-0.2, -0.15) is 4.90 Å². The SMILES string of the molecule is C=C(C)C(=O)N(C(=O)OC(C)CC)C(=O)C(=C)C. The smallest absolute Gasteiger partial charge is 0.424 e. The number of ether oxygens (including phenoxy) is 1. The van der Waals surface area contributed by atoms with Gasteiger partial charge in [0.05, 0.1) is 0 Å². The summed E-state index contributed by atoms with van der Waals surface area (Å²) in [5, 5.41) is 0. The predicted molar refractivity (Wildman–Crippen MR) is 67.7 cm³/mol. The van der Waals surface area contributed by atoms with Crippen molar-refractivity contribution in [2.45, 2.75) is 40.2 Å². The Morgan fingerprint density at radius 1 is 1.11 bits per heavy atom. The molecule has 0 rings (SSSR count). The molecule has 100 valence electrons. The van der Waals surface area contributed by atoms with Gasteiger partial charge in [0.2, 0.25) is 0 Å². The van der Waals surface area contributed by atoms with E-state index in [4.69, 9.17) is 4.74 Å². The third-order valence-corrected chi connectivity index (χ3v) is 2.20. The fourth-order valence-electron chi connectivity index (χ4n) is 0.948. The zero-order valence-corrected chi connectivity index (χ0v) is 11.3. The Morgan fingerprint density at radius 3 is 1.78 bits per heavy atom. The minimum absolute atomic E-state index is 0.0747. The van der Waals surface area contributed by atoms with Crippen LogP contribution in [0.25, 0.3) is 0 Å². The van der Waals surface area contributed by atoms with Crippen LogP contribution in [0.15, 0.2) is 24.3 Å². The van der Waals surface area contributed by atoms with E-state index in [9.17, 15) is 14.4 Å². The van der Waals surface area contributed by atoms with Crippen LogP contribution in [0.4, 0.5) is 4.79 Å². The molecule has 0 aromatic carbocycles. The van der Waals surface area contributed by atoms with Crippen molar-refractivity contribution in [1.82, 2.24) is 4.90 Å². The zero-order chi connectivity index (χ0) is 14.5. The number of carbonyl (C=O) groups is 3. The van der Waals surface area contributed by atoms with Gasteiger partial charge in [0.25, 0.3) is 11.8 Å². The number of hydrogen-bond acceptors (Lipinski definition) is 4. The van der Waals surface area contributed by atoms with Crippen molar-refractivity contribution in [3.63, 3.8) is 0 Å². The number of rotatable bonds is 4. The van der Waals surface area contributed by atoms with Crippen LogP contribution in [0.1, 0.15) is 34.1 Å². The summed E-state index contributed by atoms with van der Waals surface area (Å²) in [7, 11) is 0. The molecule has 0 aliphatic carbocycles. The Kier molecular flexibility index (Phi) is 6.02. The van der Waals surface area contributed by atoms with E-state index in [1.54, 1.807) is 6.92 Å². The van der Waals surface area contributed by atoms with Crippen LogP contribution in [0.3, 0.4) is 0 Å². The molecule has 0 heterocycles. The molecule has 5 heteroatoms. The maximum Gasteiger partial charge on any atom is 0.424 e. The molecule has 0 bridgehead atoms. The lowest BCUT2D eigenvalue weighted by atomic mass is 10.2. The summed E-state index contributed by atoms with van der Waals surface area (Å²) >= 11 is 0. The van der Waals surface area contributed by atoms with Crippen molar-refractivity contribution in [2.24, 2.45) is 0 Å². The van der Waals surface area contributed by atoms with Crippen molar-refractivity contribution < 1.29 is 19.1 Å². The molecule has 1 atom stereocenters. The summed E-state index contributed by atoms with van der Waals surface area (Å²) in [6.45, 7) is 13.2. The van der Waals surface area contributed by atoms with E-state index < -0.39 is 17.9 Å². The predicted octanol–water partition coefficient (Wildman–Crippen LogP) is 2.43. The normalized spacial score (nSPS) is 11.3. The largest absolute Gasteiger partial charge is 0.446 e. The number of nitrogens with zero attached hydrogens (tertiary/aromatic N) is 1. The first-order chi connectivity index (χ1) is 8.22. The van der Waals surface area contributed by atoms with Gasteiger partial charge in [0.1, 0.15) is 6.10 Å². The summed E-state index contributed by atoms with van der Waals surface area (Å²) < 4.78 is 4.97. The first-order valence-corrected chi connectivity index (χ1v) is 5.62. The highest BCUT2D eigenvalue weighted by atomic mass is 16.6. The van der Waals surface area contributed by atoms with Crippen molar-refractivity contribution in [3.8, 4) is 0 Å². The monoisotopic (exact) mass is 253 g/mol. The lowest BCUT2D eigenvalue weighted by Gasteiger charge is -2.20. The van der Waals surface area contributed by atoms with E-state index in [-0.39, 0.29) is 17.3 Å². The number of imide groups is 3. The summed E-state index contributed by atoms with van der Waals surface area (Å²) in [4.78, 5) is 35.7. The minimum Gasteiger partial charge on any atom is -0.446 e. The van der Waals surface area contributed by atoms with Gasteiger partial charge in [-0.05, 0) is 27.2 Å². The highest BCUT2D eigenvalue weighted by molar-refractivity contribution is 6.18. The molecule has 0 saturated carbocycles. The van der Waals surface area contributed by atoms with E-state index in [1.807, 2.05) is 6.92 Å². The van der Waals surface area contributed by atoms with Crippen molar-refractivity contribution >= 4 is 17.9 Å². The molecule has 18 heavy (non-hydrogen) atoms. The summed E-state index contributed by atoms with van der Waals surface area (Å²) in [6, 6.07) is 0. The molecule has 0 aliphatic heterocycles. The summed E-state index contributed by atoms with van der Waals surface area (Å²) in [6.07, 6.45) is -0.788. The van der Waals surface area contributed by atoms with Crippen LogP contribution in [-0.4, -0.2) is 28.9 Å². The highest BCUT2D eigenvalue weighted by Gasteiger charge is 2.31. The van der Waals surface area contributed by atoms with Gasteiger partial charge in [-0.25, -0.2) is 4.79 Å². The second kappa shape index (κ2) is 6.74. The van der Waals surface area contributed by atoms with E-state index >= 15 is 0 Å². The Bertz CT molecular complexity index is 372. The molecule has 0 saturated heterocycles. The lowest BCUT2D eigenvalue weighted by molar-refractivity contribution is -0.138. The van der Waals surface area contributed by atoms with Gasteiger partial charge in [0, 0.05) is 11.1 Å². The van der Waals surface area contributed by atoms with Crippen molar-refractivity contribution in [3.05, 3.63) is 24.3 Å². The maximum absolute atomic E-state index is 11.8. The fraction of sp³-hybridized carbons (Fsp3) is 0.462. The van der Waals surface area contributed by atoms with Gasteiger partial charge in [0.15, 0.2) is 0 Å². The Morgan fingerprint density at radius 2 is 1.50 bits per heavy atom. The van der Waals surface area contributed by atoms with E-state index in [0.29, 0.717) is 11.3 Å². The number of hydrogen-bond donors (Lipinski definition) is 0. The van der Waals surface area contributed by atoms with Crippen molar-refractivity contribution in [2.75, 3.05) is 0 Å². The van der Waals surface area contributed by atoms with Gasteiger partial charge in [-0.15, -0.1) is 0 Å². The van der Waals surface area contributed by atoms with Gasteiger partial charge < -0.3 is 4.74 Å². The Balaban J connectivity index is 5.16. The van der Waals surface area contributed by atoms with Crippen LogP contribution >= 0.6 is 0 Å². The highest BCUT2D eigenvalue weighted by Crippen LogP contribution is 2.09. The van der Waals surface area contributed by atoms with Gasteiger partial charge in [-0.1, -0.05) is 20.1 Å². The fourth-order valence-corrected chi connectivity index (χ4v) is 0.948. The standard InChI is InChI=1S/C13H19NO4/c1-7-10(6)18-13(17)14(11(15)8(2)3)12(16)9(4)5/h10H,2,4,7H2,1,3,5-6H3. The third kappa shape index (κ3) is 4.16. The molecule has 3 amide bonds. The second-order valence-electron chi connectivity index (χ2n) is 4.11. The summed E-state index contributed by atoms with van der Waals surface area (Å²) in [5.74, 6) is -1.56. The third-order valence-electron chi connectivity index (χ3n) is 2.20. The van der Waals surface area contributed by atoms with E-state index in [1.165, 1.54) is 13.8 Å². The molecular formula is C13H19NO4. The van der Waals surface area contributed by atoms with Crippen LogP contribution < -0.4 is 0 Å².